The predicted molar refractivity (Wildman–Crippen MR) is 140 cm³/mol. The summed E-state index contributed by atoms with van der Waals surface area (Å²) in [6, 6.07) is 19.9. The van der Waals surface area contributed by atoms with Crippen molar-refractivity contribution in [2.75, 3.05) is 11.1 Å². The summed E-state index contributed by atoms with van der Waals surface area (Å²) in [5, 5.41) is 6.22. The highest BCUT2D eigenvalue weighted by Gasteiger charge is 2.15. The maximum atomic E-state index is 13.9. The first-order valence-electron chi connectivity index (χ1n) is 11.4. The number of carbonyl (C=O) groups excluding carboxylic acids is 2. The van der Waals surface area contributed by atoms with Gasteiger partial charge in [-0.05, 0) is 55.8 Å². The Kier molecular flexibility index (Phi) is 7.80. The van der Waals surface area contributed by atoms with Crippen molar-refractivity contribution in [1.29, 1.82) is 0 Å². The molecule has 2 N–H and O–H groups in total. The zero-order valence-corrected chi connectivity index (χ0v) is 20.6. The molecular formula is C27H25FN4O3S. The highest BCUT2D eigenvalue weighted by molar-refractivity contribution is 7.99. The van der Waals surface area contributed by atoms with Crippen molar-refractivity contribution in [3.63, 3.8) is 0 Å². The van der Waals surface area contributed by atoms with E-state index in [1.54, 1.807) is 60.7 Å². The number of thioether (sulfide) groups is 1. The molecule has 0 saturated heterocycles. The summed E-state index contributed by atoms with van der Waals surface area (Å²) in [6.07, 6.45) is 0. The predicted octanol–water partition coefficient (Wildman–Crippen LogP) is 4.45. The van der Waals surface area contributed by atoms with Crippen LogP contribution in [-0.2, 0) is 11.3 Å². The van der Waals surface area contributed by atoms with Gasteiger partial charge in [0.1, 0.15) is 5.82 Å². The largest absolute Gasteiger partial charge is 0.350 e. The molecule has 0 atom stereocenters. The van der Waals surface area contributed by atoms with Gasteiger partial charge < -0.3 is 10.6 Å². The Morgan fingerprint density at radius 3 is 2.42 bits per heavy atom. The molecule has 36 heavy (non-hydrogen) atoms. The lowest BCUT2D eigenvalue weighted by Crippen LogP contribution is -2.30. The van der Waals surface area contributed by atoms with E-state index in [4.69, 9.17) is 0 Å². The number of nitrogens with one attached hydrogen (secondary N) is 2. The van der Waals surface area contributed by atoms with E-state index >= 15 is 0 Å². The Morgan fingerprint density at radius 2 is 1.69 bits per heavy atom. The van der Waals surface area contributed by atoms with Gasteiger partial charge in [-0.3, -0.25) is 19.0 Å². The normalized spacial score (nSPS) is 11.0. The van der Waals surface area contributed by atoms with Crippen LogP contribution in [0, 0.1) is 5.82 Å². The molecule has 1 aromatic heterocycles. The molecule has 3 aromatic carbocycles. The molecule has 1 heterocycles. The van der Waals surface area contributed by atoms with Crippen LogP contribution in [0.25, 0.3) is 10.9 Å². The molecule has 7 nitrogen and oxygen atoms in total. The third kappa shape index (κ3) is 5.98. The van der Waals surface area contributed by atoms with E-state index in [0.717, 1.165) is 17.3 Å². The van der Waals surface area contributed by atoms with Gasteiger partial charge in [-0.15, -0.1) is 0 Å². The SMILES string of the molecule is CC(C)NC(=O)c1ccc(Cn2c(SCC(=O)Nc3ccccc3F)nc3ccccc3c2=O)cc1. The Hall–Kier alpha value is -3.98. The number of halogens is 1. The monoisotopic (exact) mass is 504 g/mol. The number of benzene rings is 3. The lowest BCUT2D eigenvalue weighted by molar-refractivity contribution is -0.113. The number of para-hydroxylation sites is 2. The minimum atomic E-state index is -0.526. The van der Waals surface area contributed by atoms with E-state index < -0.39 is 11.7 Å². The molecule has 0 saturated carbocycles. The number of hydrogen-bond donors (Lipinski definition) is 2. The first-order valence-corrected chi connectivity index (χ1v) is 12.4. The van der Waals surface area contributed by atoms with Gasteiger partial charge >= 0.3 is 0 Å². The second kappa shape index (κ2) is 11.2. The smallest absolute Gasteiger partial charge is 0.262 e. The number of hydrogen-bond acceptors (Lipinski definition) is 5. The zero-order valence-electron chi connectivity index (χ0n) is 19.8. The lowest BCUT2D eigenvalue weighted by Gasteiger charge is -2.14. The molecule has 184 valence electrons. The van der Waals surface area contributed by atoms with Gasteiger partial charge in [-0.25, -0.2) is 9.37 Å². The lowest BCUT2D eigenvalue weighted by atomic mass is 10.1. The summed E-state index contributed by atoms with van der Waals surface area (Å²) in [5.74, 6) is -1.17. The number of carbonyl (C=O) groups is 2. The average molecular weight is 505 g/mol. The van der Waals surface area contributed by atoms with Crippen LogP contribution in [0.5, 0.6) is 0 Å². The number of nitrogens with zero attached hydrogens (tertiary/aromatic N) is 2. The molecule has 0 unspecified atom stereocenters. The second-order valence-electron chi connectivity index (χ2n) is 8.44. The number of amides is 2. The molecule has 0 bridgehead atoms. The molecule has 4 rings (SSSR count). The van der Waals surface area contributed by atoms with Gasteiger partial charge in [0.05, 0.1) is 28.9 Å². The van der Waals surface area contributed by atoms with Crippen LogP contribution in [0.2, 0.25) is 0 Å². The number of rotatable bonds is 8. The van der Waals surface area contributed by atoms with E-state index in [0.29, 0.717) is 21.6 Å². The number of aromatic nitrogens is 2. The first-order chi connectivity index (χ1) is 17.3. The van der Waals surface area contributed by atoms with Crippen LogP contribution in [0.15, 0.2) is 82.7 Å². The minimum absolute atomic E-state index is 0.0228. The van der Waals surface area contributed by atoms with Crippen molar-refractivity contribution in [1.82, 2.24) is 14.9 Å². The maximum absolute atomic E-state index is 13.9. The van der Waals surface area contributed by atoms with E-state index in [9.17, 15) is 18.8 Å². The topological polar surface area (TPSA) is 93.1 Å². The summed E-state index contributed by atoms with van der Waals surface area (Å²) in [5.41, 5.74) is 1.70. The van der Waals surface area contributed by atoms with Gasteiger partial charge in [0.25, 0.3) is 11.5 Å². The number of anilines is 1. The van der Waals surface area contributed by atoms with Crippen molar-refractivity contribution >= 4 is 40.2 Å². The van der Waals surface area contributed by atoms with E-state index in [2.05, 4.69) is 15.6 Å². The summed E-state index contributed by atoms with van der Waals surface area (Å²) < 4.78 is 15.4. The van der Waals surface area contributed by atoms with Crippen LogP contribution >= 0.6 is 11.8 Å². The van der Waals surface area contributed by atoms with Crippen molar-refractivity contribution in [3.8, 4) is 0 Å². The highest BCUT2D eigenvalue weighted by atomic mass is 32.2. The highest BCUT2D eigenvalue weighted by Crippen LogP contribution is 2.20. The van der Waals surface area contributed by atoms with Gasteiger partial charge in [0.15, 0.2) is 5.16 Å². The minimum Gasteiger partial charge on any atom is -0.350 e. The van der Waals surface area contributed by atoms with Gasteiger partial charge in [-0.1, -0.05) is 48.2 Å². The van der Waals surface area contributed by atoms with Crippen molar-refractivity contribution in [2.24, 2.45) is 0 Å². The second-order valence-corrected chi connectivity index (χ2v) is 9.39. The Balaban J connectivity index is 1.58. The van der Waals surface area contributed by atoms with Crippen LogP contribution in [0.1, 0.15) is 29.8 Å². The zero-order chi connectivity index (χ0) is 25.7. The van der Waals surface area contributed by atoms with Crippen LogP contribution in [0.4, 0.5) is 10.1 Å². The van der Waals surface area contributed by atoms with Crippen LogP contribution in [0.3, 0.4) is 0 Å². The fraction of sp³-hybridized carbons (Fsp3) is 0.185. The van der Waals surface area contributed by atoms with Crippen molar-refractivity contribution < 1.29 is 14.0 Å². The first kappa shape index (κ1) is 25.1. The third-order valence-electron chi connectivity index (χ3n) is 5.28. The Morgan fingerprint density at radius 1 is 1.00 bits per heavy atom. The summed E-state index contributed by atoms with van der Waals surface area (Å²) in [6.45, 7) is 3.99. The number of fused-ring (bicyclic) bond motifs is 1. The molecule has 0 aliphatic rings. The fourth-order valence-electron chi connectivity index (χ4n) is 3.57. The molecule has 2 amide bonds. The Labute approximate surface area is 211 Å². The van der Waals surface area contributed by atoms with E-state index in [1.807, 2.05) is 13.8 Å². The van der Waals surface area contributed by atoms with E-state index in [1.165, 1.54) is 16.7 Å². The molecule has 0 radical (unpaired) electrons. The van der Waals surface area contributed by atoms with Crippen LogP contribution < -0.4 is 16.2 Å². The molecule has 0 fully saturated rings. The van der Waals surface area contributed by atoms with E-state index in [-0.39, 0.29) is 35.5 Å². The molecule has 9 heteroatoms. The standard InChI is InChI=1S/C27H25FN4O3S/c1-17(2)29-25(34)19-13-11-18(12-14-19)15-32-26(35)20-7-3-5-9-22(20)31-27(32)36-16-24(33)30-23-10-6-4-8-21(23)28/h3-14,17H,15-16H2,1-2H3,(H,29,34)(H,30,33). The quantitative estimate of drug-likeness (QED) is 0.273. The van der Waals surface area contributed by atoms with Gasteiger partial charge in [-0.2, -0.15) is 0 Å². The summed E-state index contributed by atoms with van der Waals surface area (Å²) in [4.78, 5) is 42.7. The maximum Gasteiger partial charge on any atom is 0.262 e. The third-order valence-corrected chi connectivity index (χ3v) is 6.26. The Bertz CT molecular complexity index is 1470. The molecule has 0 aliphatic carbocycles. The summed E-state index contributed by atoms with van der Waals surface area (Å²) in [7, 11) is 0. The van der Waals surface area contributed by atoms with Crippen LogP contribution in [-0.4, -0.2) is 33.2 Å². The molecule has 0 spiro atoms. The van der Waals surface area contributed by atoms with Crippen molar-refractivity contribution in [2.45, 2.75) is 31.6 Å². The molecule has 0 aliphatic heterocycles. The van der Waals surface area contributed by atoms with Gasteiger partial charge in [0, 0.05) is 11.6 Å². The molecular weight excluding hydrogens is 479 g/mol. The van der Waals surface area contributed by atoms with Gasteiger partial charge in [0.2, 0.25) is 5.91 Å². The average Bonchev–Trinajstić information content (AvgIpc) is 2.86. The molecule has 4 aromatic rings. The summed E-state index contributed by atoms with van der Waals surface area (Å²) >= 11 is 1.10. The van der Waals surface area contributed by atoms with Crippen molar-refractivity contribution in [3.05, 3.63) is 100 Å². The fourth-order valence-corrected chi connectivity index (χ4v) is 4.36.